The Labute approximate surface area is 213 Å². The van der Waals surface area contributed by atoms with Crippen LogP contribution >= 0.6 is 0 Å². The zero-order chi connectivity index (χ0) is 25.8. The maximum Gasteiger partial charge on any atom is 0.326 e. The predicted octanol–water partition coefficient (Wildman–Crippen LogP) is 4.65. The first-order valence-corrected chi connectivity index (χ1v) is 13.0. The number of alkyl halides is 2. The van der Waals surface area contributed by atoms with Gasteiger partial charge in [0.15, 0.2) is 11.4 Å². The number of hydrogen-bond acceptors (Lipinski definition) is 5. The minimum atomic E-state index is -1.39. The Bertz CT molecular complexity index is 1490. The third kappa shape index (κ3) is 4.11. The van der Waals surface area contributed by atoms with Crippen molar-refractivity contribution in [1.29, 1.82) is 0 Å². The van der Waals surface area contributed by atoms with Gasteiger partial charge in [0.25, 0.3) is 0 Å². The second kappa shape index (κ2) is 9.24. The van der Waals surface area contributed by atoms with Crippen molar-refractivity contribution in [2.24, 2.45) is 0 Å². The van der Waals surface area contributed by atoms with Crippen LogP contribution < -0.4 is 10.4 Å². The van der Waals surface area contributed by atoms with Crippen LogP contribution in [0.1, 0.15) is 57.1 Å². The van der Waals surface area contributed by atoms with Crippen molar-refractivity contribution in [1.82, 2.24) is 29.0 Å². The van der Waals surface area contributed by atoms with E-state index in [1.54, 1.807) is 11.6 Å². The van der Waals surface area contributed by atoms with Crippen LogP contribution in [0.15, 0.2) is 35.5 Å². The van der Waals surface area contributed by atoms with E-state index in [0.717, 1.165) is 53.4 Å². The maximum atomic E-state index is 13.7. The van der Waals surface area contributed by atoms with Crippen LogP contribution in [0.3, 0.4) is 0 Å². The fraction of sp³-hybridized carbons (Fsp3) is 0.519. The van der Waals surface area contributed by atoms with E-state index in [9.17, 15) is 13.6 Å². The molecule has 0 radical (unpaired) electrons. The summed E-state index contributed by atoms with van der Waals surface area (Å²) in [4.78, 5) is 22.5. The Kier molecular flexibility index (Phi) is 6.01. The molecule has 0 spiro atoms. The van der Waals surface area contributed by atoms with E-state index >= 15 is 0 Å². The Morgan fingerprint density at radius 3 is 2.43 bits per heavy atom. The lowest BCUT2D eigenvalue weighted by molar-refractivity contribution is 0.154. The summed E-state index contributed by atoms with van der Waals surface area (Å²) in [6.45, 7) is 4.63. The van der Waals surface area contributed by atoms with Crippen LogP contribution in [-0.4, -0.2) is 67.6 Å². The number of nitrogens with one attached hydrogen (secondary N) is 1. The molecule has 0 unspecified atom stereocenters. The molecule has 2 fully saturated rings. The Morgan fingerprint density at radius 1 is 1.05 bits per heavy atom. The standard InChI is InChI=1S/C27H32F2N6O2/c1-15(2)19-10-24-23(9-20(19)16-8-25(37-3)26-30-14-31-34(26)11-16)32-27(36)35(24)18-6-4-17(5-7-18)33-12-21(28)22(29)13-33/h8-11,14-15,17-18,21-22H,4-7,12-13H2,1-3H3,(H,32,36)/t17?,18?,21-,22+. The fourth-order valence-electron chi connectivity index (χ4n) is 6.20. The zero-order valence-corrected chi connectivity index (χ0v) is 21.3. The molecule has 1 saturated heterocycles. The molecule has 8 nitrogen and oxygen atoms in total. The average Bonchev–Trinajstić information content (AvgIpc) is 3.58. The first-order valence-electron chi connectivity index (χ1n) is 13.0. The van der Waals surface area contributed by atoms with Crippen LogP contribution in [0.25, 0.3) is 27.8 Å². The van der Waals surface area contributed by atoms with Gasteiger partial charge < -0.3 is 9.72 Å². The van der Waals surface area contributed by atoms with Gasteiger partial charge in [-0.15, -0.1) is 0 Å². The molecule has 1 aliphatic heterocycles. The maximum absolute atomic E-state index is 13.7. The second-order valence-electron chi connectivity index (χ2n) is 10.7. The number of H-pyrrole nitrogens is 1. The number of benzene rings is 1. The van der Waals surface area contributed by atoms with Crippen molar-refractivity contribution in [3.63, 3.8) is 0 Å². The van der Waals surface area contributed by atoms with Crippen molar-refractivity contribution in [3.05, 3.63) is 46.8 Å². The summed E-state index contributed by atoms with van der Waals surface area (Å²) in [5.41, 5.74) is 5.25. The summed E-state index contributed by atoms with van der Waals surface area (Å²) in [5.74, 6) is 0.840. The van der Waals surface area contributed by atoms with E-state index in [4.69, 9.17) is 4.74 Å². The van der Waals surface area contributed by atoms with Gasteiger partial charge in [-0.3, -0.25) is 9.47 Å². The van der Waals surface area contributed by atoms with Gasteiger partial charge >= 0.3 is 5.69 Å². The third-order valence-corrected chi connectivity index (χ3v) is 8.14. The van der Waals surface area contributed by atoms with E-state index in [2.05, 4.69) is 35.0 Å². The van der Waals surface area contributed by atoms with E-state index in [1.165, 1.54) is 6.33 Å². The molecular formula is C27H32F2N6O2. The Morgan fingerprint density at radius 2 is 1.76 bits per heavy atom. The monoisotopic (exact) mass is 510 g/mol. The van der Waals surface area contributed by atoms with Gasteiger partial charge in [-0.2, -0.15) is 5.10 Å². The molecule has 1 saturated carbocycles. The summed E-state index contributed by atoms with van der Waals surface area (Å²) in [5, 5.41) is 4.29. The van der Waals surface area contributed by atoms with Gasteiger partial charge in [0.1, 0.15) is 18.7 Å². The number of halogens is 2. The number of nitrogens with zero attached hydrogens (tertiary/aromatic N) is 5. The smallest absolute Gasteiger partial charge is 0.326 e. The Balaban J connectivity index is 1.35. The molecule has 6 rings (SSSR count). The van der Waals surface area contributed by atoms with Crippen LogP contribution in [-0.2, 0) is 0 Å². The highest BCUT2D eigenvalue weighted by Crippen LogP contribution is 2.38. The van der Waals surface area contributed by atoms with Gasteiger partial charge in [-0.25, -0.2) is 23.1 Å². The number of fused-ring (bicyclic) bond motifs is 2. The topological polar surface area (TPSA) is 80.5 Å². The molecule has 1 aliphatic carbocycles. The first-order chi connectivity index (χ1) is 17.8. The van der Waals surface area contributed by atoms with Crippen molar-refractivity contribution < 1.29 is 13.5 Å². The van der Waals surface area contributed by atoms with Crippen LogP contribution in [0.2, 0.25) is 0 Å². The number of rotatable bonds is 5. The number of pyridine rings is 1. The van der Waals surface area contributed by atoms with Gasteiger partial charge in [-0.05, 0) is 60.9 Å². The largest absolute Gasteiger partial charge is 0.493 e. The number of aromatic nitrogens is 5. The number of aromatic amines is 1. The Hall–Kier alpha value is -3.27. The lowest BCUT2D eigenvalue weighted by Crippen LogP contribution is -2.38. The lowest BCUT2D eigenvalue weighted by Gasteiger charge is -2.34. The molecule has 2 aliphatic rings. The molecule has 10 heteroatoms. The fourth-order valence-corrected chi connectivity index (χ4v) is 6.20. The number of imidazole rings is 1. The van der Waals surface area contributed by atoms with E-state index in [0.29, 0.717) is 11.4 Å². The van der Waals surface area contributed by atoms with Crippen LogP contribution in [0, 0.1) is 0 Å². The number of methoxy groups -OCH3 is 1. The van der Waals surface area contributed by atoms with Crippen LogP contribution in [0.5, 0.6) is 5.75 Å². The summed E-state index contributed by atoms with van der Waals surface area (Å²) in [6, 6.07) is 6.35. The summed E-state index contributed by atoms with van der Waals surface area (Å²) in [6.07, 6.45) is 3.92. The summed E-state index contributed by atoms with van der Waals surface area (Å²) in [7, 11) is 1.61. The van der Waals surface area contributed by atoms with Gasteiger partial charge in [0, 0.05) is 36.9 Å². The van der Waals surface area contributed by atoms with Crippen molar-refractivity contribution >= 4 is 16.7 Å². The molecule has 0 amide bonds. The zero-order valence-electron chi connectivity index (χ0n) is 21.3. The van der Waals surface area contributed by atoms with E-state index in [1.807, 2.05) is 27.8 Å². The first kappa shape index (κ1) is 24.1. The minimum Gasteiger partial charge on any atom is -0.493 e. The normalized spacial score (nSPS) is 25.0. The highest BCUT2D eigenvalue weighted by Gasteiger charge is 2.38. The highest BCUT2D eigenvalue weighted by molar-refractivity contribution is 5.85. The molecule has 1 N–H and O–H groups in total. The highest BCUT2D eigenvalue weighted by atomic mass is 19.2. The molecular weight excluding hydrogens is 478 g/mol. The number of hydrogen-bond donors (Lipinski definition) is 1. The van der Waals surface area contributed by atoms with Crippen LogP contribution in [0.4, 0.5) is 8.78 Å². The molecule has 2 atom stereocenters. The molecule has 196 valence electrons. The number of likely N-dealkylation sites (tertiary alicyclic amines) is 1. The molecule has 4 heterocycles. The number of ether oxygens (including phenoxy) is 1. The minimum absolute atomic E-state index is 0.0555. The predicted molar refractivity (Wildman–Crippen MR) is 138 cm³/mol. The summed E-state index contributed by atoms with van der Waals surface area (Å²) >= 11 is 0. The van der Waals surface area contributed by atoms with Crippen molar-refractivity contribution in [3.8, 4) is 16.9 Å². The van der Waals surface area contributed by atoms with Crippen molar-refractivity contribution in [2.75, 3.05) is 20.2 Å². The molecule has 1 aromatic carbocycles. The SMILES string of the molecule is COc1cc(-c2cc3[nH]c(=O)n(C4CCC(N5C[C@@H](F)[C@@H](F)C5)CC4)c3cc2C(C)C)cn2ncnc12. The molecule has 4 aromatic rings. The van der Waals surface area contributed by atoms with Gasteiger partial charge in [0.05, 0.1) is 18.1 Å². The van der Waals surface area contributed by atoms with Gasteiger partial charge in [-0.1, -0.05) is 13.8 Å². The molecule has 3 aromatic heterocycles. The van der Waals surface area contributed by atoms with Crippen molar-refractivity contribution in [2.45, 2.75) is 69.9 Å². The summed E-state index contributed by atoms with van der Waals surface area (Å²) < 4.78 is 36.6. The van der Waals surface area contributed by atoms with E-state index < -0.39 is 12.3 Å². The lowest BCUT2D eigenvalue weighted by atomic mass is 9.89. The average molecular weight is 511 g/mol. The molecule has 37 heavy (non-hydrogen) atoms. The van der Waals surface area contributed by atoms with E-state index in [-0.39, 0.29) is 36.8 Å². The molecule has 0 bridgehead atoms. The quantitative estimate of drug-likeness (QED) is 0.423. The second-order valence-corrected chi connectivity index (χ2v) is 10.7. The van der Waals surface area contributed by atoms with Gasteiger partial charge in [0.2, 0.25) is 0 Å². The third-order valence-electron chi connectivity index (χ3n) is 8.14.